The van der Waals surface area contributed by atoms with Crippen molar-refractivity contribution in [3.8, 4) is 0 Å². The second kappa shape index (κ2) is 6.38. The Balaban J connectivity index is 1.70. The Morgan fingerprint density at radius 3 is 2.60 bits per heavy atom. The van der Waals surface area contributed by atoms with Crippen molar-refractivity contribution in [3.63, 3.8) is 0 Å². The van der Waals surface area contributed by atoms with Gasteiger partial charge in [0.25, 0.3) is 0 Å². The Morgan fingerprint density at radius 1 is 1.00 bits per heavy atom. The minimum Gasteiger partial charge on any atom is -0.376 e. The third-order valence-electron chi connectivity index (χ3n) is 4.29. The average Bonchev–Trinajstić information content (AvgIpc) is 2.53. The van der Waals surface area contributed by atoms with Gasteiger partial charge in [-0.25, -0.2) is 0 Å². The van der Waals surface area contributed by atoms with Gasteiger partial charge in [0.2, 0.25) is 0 Å². The average molecular weight is 269 g/mol. The molecule has 0 amide bonds. The first-order valence-corrected chi connectivity index (χ1v) is 7.69. The van der Waals surface area contributed by atoms with Crippen LogP contribution in [0.4, 0.5) is 0 Å². The standard InChI is InChI=1S/C18H23NO/c19-18(13-20-15-9-2-1-3-10-15)17-12-6-8-14-7-4-5-11-16(14)17/h4-8,11-12,15,18H,1-3,9-10,13,19H2. The summed E-state index contributed by atoms with van der Waals surface area (Å²) in [6.45, 7) is 0.624. The Kier molecular flexibility index (Phi) is 4.34. The fourth-order valence-electron chi connectivity index (χ4n) is 3.14. The van der Waals surface area contributed by atoms with E-state index in [1.807, 2.05) is 0 Å². The normalized spacial score (nSPS) is 18.2. The van der Waals surface area contributed by atoms with Crippen LogP contribution in [0.25, 0.3) is 10.8 Å². The predicted molar refractivity (Wildman–Crippen MR) is 83.7 cm³/mol. The van der Waals surface area contributed by atoms with Crippen molar-refractivity contribution in [1.82, 2.24) is 0 Å². The van der Waals surface area contributed by atoms with E-state index in [0.29, 0.717) is 12.7 Å². The first-order chi connectivity index (χ1) is 9.84. The lowest BCUT2D eigenvalue weighted by Crippen LogP contribution is -2.24. The highest BCUT2D eigenvalue weighted by molar-refractivity contribution is 5.86. The predicted octanol–water partition coefficient (Wildman–Crippen LogP) is 4.19. The number of hydrogen-bond acceptors (Lipinski definition) is 2. The third kappa shape index (κ3) is 3.02. The first-order valence-electron chi connectivity index (χ1n) is 7.69. The number of benzene rings is 2. The molecule has 0 bridgehead atoms. The number of nitrogens with two attached hydrogens (primary N) is 1. The lowest BCUT2D eigenvalue weighted by molar-refractivity contribution is 0.0208. The van der Waals surface area contributed by atoms with Crippen molar-refractivity contribution < 1.29 is 4.74 Å². The van der Waals surface area contributed by atoms with E-state index >= 15 is 0 Å². The van der Waals surface area contributed by atoms with Gasteiger partial charge in [-0.05, 0) is 29.2 Å². The summed E-state index contributed by atoms with van der Waals surface area (Å²) < 4.78 is 6.02. The monoisotopic (exact) mass is 269 g/mol. The van der Waals surface area contributed by atoms with E-state index in [4.69, 9.17) is 10.5 Å². The number of hydrogen-bond donors (Lipinski definition) is 1. The van der Waals surface area contributed by atoms with Gasteiger partial charge in [0.15, 0.2) is 0 Å². The lowest BCUT2D eigenvalue weighted by atomic mass is 9.97. The van der Waals surface area contributed by atoms with E-state index in [1.54, 1.807) is 0 Å². The molecule has 1 aliphatic carbocycles. The third-order valence-corrected chi connectivity index (χ3v) is 4.29. The highest BCUT2D eigenvalue weighted by atomic mass is 16.5. The van der Waals surface area contributed by atoms with E-state index in [9.17, 15) is 0 Å². The minimum atomic E-state index is -0.0389. The summed E-state index contributed by atoms with van der Waals surface area (Å²) in [5.74, 6) is 0. The SMILES string of the molecule is NC(COC1CCCCC1)c1cccc2ccccc12. The van der Waals surface area contributed by atoms with Crippen molar-refractivity contribution in [2.24, 2.45) is 5.73 Å². The lowest BCUT2D eigenvalue weighted by Gasteiger charge is -2.24. The molecule has 2 aromatic rings. The van der Waals surface area contributed by atoms with E-state index < -0.39 is 0 Å². The molecule has 1 aliphatic rings. The molecule has 1 atom stereocenters. The van der Waals surface area contributed by atoms with Gasteiger partial charge in [-0.15, -0.1) is 0 Å². The zero-order valence-electron chi connectivity index (χ0n) is 11.9. The maximum absolute atomic E-state index is 6.35. The van der Waals surface area contributed by atoms with Gasteiger partial charge in [-0.1, -0.05) is 61.7 Å². The quantitative estimate of drug-likeness (QED) is 0.903. The Labute approximate surface area is 120 Å². The maximum atomic E-state index is 6.35. The molecule has 20 heavy (non-hydrogen) atoms. The highest BCUT2D eigenvalue weighted by Crippen LogP contribution is 2.25. The summed E-state index contributed by atoms with van der Waals surface area (Å²) >= 11 is 0. The number of rotatable bonds is 4. The number of ether oxygens (including phenoxy) is 1. The first kappa shape index (κ1) is 13.6. The van der Waals surface area contributed by atoms with Gasteiger partial charge in [0.05, 0.1) is 18.8 Å². The Hall–Kier alpha value is -1.38. The fraction of sp³-hybridized carbons (Fsp3) is 0.444. The fourth-order valence-corrected chi connectivity index (χ4v) is 3.14. The maximum Gasteiger partial charge on any atom is 0.0663 e. The molecule has 2 N–H and O–H groups in total. The van der Waals surface area contributed by atoms with Gasteiger partial charge in [0.1, 0.15) is 0 Å². The summed E-state index contributed by atoms with van der Waals surface area (Å²) in [5, 5.41) is 2.49. The molecular weight excluding hydrogens is 246 g/mol. The molecule has 106 valence electrons. The largest absolute Gasteiger partial charge is 0.376 e. The molecule has 1 unspecified atom stereocenters. The van der Waals surface area contributed by atoms with Gasteiger partial charge in [-0.2, -0.15) is 0 Å². The van der Waals surface area contributed by atoms with Crippen LogP contribution >= 0.6 is 0 Å². The van der Waals surface area contributed by atoms with Crippen molar-refractivity contribution in [1.29, 1.82) is 0 Å². The van der Waals surface area contributed by atoms with Gasteiger partial charge in [0, 0.05) is 0 Å². The zero-order valence-corrected chi connectivity index (χ0v) is 11.9. The second-order valence-electron chi connectivity index (χ2n) is 5.77. The van der Waals surface area contributed by atoms with E-state index in [2.05, 4.69) is 42.5 Å². The molecule has 3 rings (SSSR count). The molecule has 0 aromatic heterocycles. The molecule has 2 aromatic carbocycles. The molecule has 2 nitrogen and oxygen atoms in total. The van der Waals surface area contributed by atoms with E-state index in [0.717, 1.165) is 0 Å². The number of fused-ring (bicyclic) bond motifs is 1. The van der Waals surface area contributed by atoms with Gasteiger partial charge >= 0.3 is 0 Å². The summed E-state index contributed by atoms with van der Waals surface area (Å²) in [6, 6.07) is 14.7. The molecule has 0 radical (unpaired) electrons. The zero-order chi connectivity index (χ0) is 13.8. The van der Waals surface area contributed by atoms with Crippen LogP contribution in [0.2, 0.25) is 0 Å². The Bertz CT molecular complexity index is 555. The minimum absolute atomic E-state index is 0.0389. The highest BCUT2D eigenvalue weighted by Gasteiger charge is 2.16. The van der Waals surface area contributed by atoms with Crippen molar-refractivity contribution in [2.45, 2.75) is 44.2 Å². The molecule has 0 saturated heterocycles. The van der Waals surface area contributed by atoms with Gasteiger partial charge in [-0.3, -0.25) is 0 Å². The van der Waals surface area contributed by atoms with Crippen LogP contribution in [0.15, 0.2) is 42.5 Å². The molecular formula is C18H23NO. The molecule has 1 saturated carbocycles. The van der Waals surface area contributed by atoms with Crippen LogP contribution in [0.3, 0.4) is 0 Å². The Morgan fingerprint density at radius 2 is 1.75 bits per heavy atom. The molecule has 2 heteroatoms. The molecule has 0 aliphatic heterocycles. The van der Waals surface area contributed by atoms with Crippen LogP contribution < -0.4 is 5.73 Å². The van der Waals surface area contributed by atoms with E-state index in [-0.39, 0.29) is 6.04 Å². The topological polar surface area (TPSA) is 35.2 Å². The molecule has 0 spiro atoms. The van der Waals surface area contributed by atoms with Crippen LogP contribution in [0.5, 0.6) is 0 Å². The van der Waals surface area contributed by atoms with E-state index in [1.165, 1.54) is 48.4 Å². The van der Waals surface area contributed by atoms with Crippen molar-refractivity contribution >= 4 is 10.8 Å². The van der Waals surface area contributed by atoms with Crippen molar-refractivity contribution in [2.75, 3.05) is 6.61 Å². The van der Waals surface area contributed by atoms with Crippen LogP contribution in [-0.2, 0) is 4.74 Å². The molecule has 0 heterocycles. The van der Waals surface area contributed by atoms with Crippen LogP contribution in [-0.4, -0.2) is 12.7 Å². The summed E-state index contributed by atoms with van der Waals surface area (Å²) in [6.07, 6.45) is 6.77. The second-order valence-corrected chi connectivity index (χ2v) is 5.77. The van der Waals surface area contributed by atoms with Crippen LogP contribution in [0.1, 0.15) is 43.7 Å². The van der Waals surface area contributed by atoms with Gasteiger partial charge < -0.3 is 10.5 Å². The smallest absolute Gasteiger partial charge is 0.0663 e. The summed E-state index contributed by atoms with van der Waals surface area (Å²) in [4.78, 5) is 0. The summed E-state index contributed by atoms with van der Waals surface area (Å²) in [5.41, 5.74) is 7.55. The molecule has 1 fully saturated rings. The summed E-state index contributed by atoms with van der Waals surface area (Å²) in [7, 11) is 0. The van der Waals surface area contributed by atoms with Crippen molar-refractivity contribution in [3.05, 3.63) is 48.0 Å². The van der Waals surface area contributed by atoms with Crippen LogP contribution in [0, 0.1) is 0 Å².